The molecule has 0 saturated carbocycles. The largest absolute Gasteiger partial charge is 0.495 e. The second-order valence-electron chi connectivity index (χ2n) is 3.55. The second-order valence-corrected chi connectivity index (χ2v) is 6.86. The van der Waals surface area contributed by atoms with E-state index in [0.29, 0.717) is 21.4 Å². The van der Waals surface area contributed by atoms with Crippen molar-refractivity contribution in [1.82, 2.24) is 0 Å². The Morgan fingerprint density at radius 3 is 2.56 bits per heavy atom. The molecule has 2 nitrogen and oxygen atoms in total. The van der Waals surface area contributed by atoms with Crippen LogP contribution >= 0.6 is 50.5 Å². The minimum Gasteiger partial charge on any atom is -0.495 e. The maximum Gasteiger partial charge on any atom is 0.138 e. The average molecular weight is 368 g/mol. The maximum atomic E-state index is 10.3. The summed E-state index contributed by atoms with van der Waals surface area (Å²) < 4.78 is 6.02. The molecule has 18 heavy (non-hydrogen) atoms. The fourth-order valence-corrected chi connectivity index (χ4v) is 3.47. The van der Waals surface area contributed by atoms with Crippen LogP contribution in [0.3, 0.4) is 0 Å². The van der Waals surface area contributed by atoms with Crippen molar-refractivity contribution >= 4 is 50.5 Å². The van der Waals surface area contributed by atoms with Gasteiger partial charge in [0.05, 0.1) is 20.9 Å². The molecule has 1 N–H and O–H groups in total. The quantitative estimate of drug-likeness (QED) is 0.835. The van der Waals surface area contributed by atoms with Gasteiger partial charge in [-0.15, -0.1) is 11.3 Å². The number of aliphatic hydroxyl groups is 1. The summed E-state index contributed by atoms with van der Waals surface area (Å²) in [5.74, 6) is 0.491. The summed E-state index contributed by atoms with van der Waals surface area (Å²) in [5.41, 5.74) is 0.566. The fraction of sp³-hybridized carbons (Fsp3) is 0.167. The molecule has 0 saturated heterocycles. The number of hydrogen-bond donors (Lipinski definition) is 1. The van der Waals surface area contributed by atoms with Crippen molar-refractivity contribution in [3.8, 4) is 5.75 Å². The van der Waals surface area contributed by atoms with Crippen LogP contribution in [0.4, 0.5) is 0 Å². The van der Waals surface area contributed by atoms with Crippen LogP contribution in [0.5, 0.6) is 5.75 Å². The molecule has 1 atom stereocenters. The van der Waals surface area contributed by atoms with Crippen molar-refractivity contribution in [2.45, 2.75) is 6.10 Å². The Morgan fingerprint density at radius 2 is 2.00 bits per heavy atom. The van der Waals surface area contributed by atoms with E-state index in [1.807, 2.05) is 12.1 Å². The van der Waals surface area contributed by atoms with Gasteiger partial charge in [0.15, 0.2) is 0 Å². The lowest BCUT2D eigenvalue weighted by Crippen LogP contribution is -1.99. The summed E-state index contributed by atoms with van der Waals surface area (Å²) in [7, 11) is 1.52. The Bertz CT molecular complexity index is 571. The van der Waals surface area contributed by atoms with E-state index in [1.54, 1.807) is 12.1 Å². The van der Waals surface area contributed by atoms with Gasteiger partial charge in [-0.05, 0) is 34.1 Å². The van der Waals surface area contributed by atoms with Gasteiger partial charge in [0.25, 0.3) is 0 Å². The number of hydrogen-bond acceptors (Lipinski definition) is 3. The smallest absolute Gasteiger partial charge is 0.138 e. The highest BCUT2D eigenvalue weighted by molar-refractivity contribution is 9.11. The van der Waals surface area contributed by atoms with Gasteiger partial charge >= 0.3 is 0 Å². The highest BCUT2D eigenvalue weighted by Gasteiger charge is 2.18. The van der Waals surface area contributed by atoms with Gasteiger partial charge in [-0.25, -0.2) is 0 Å². The average Bonchev–Trinajstić information content (AvgIpc) is 2.77. The van der Waals surface area contributed by atoms with Crippen LogP contribution in [0.2, 0.25) is 10.0 Å². The first kappa shape index (κ1) is 14.2. The summed E-state index contributed by atoms with van der Waals surface area (Å²) >= 11 is 17.0. The molecule has 96 valence electrons. The Kier molecular flexibility index (Phi) is 4.56. The molecule has 0 aliphatic carbocycles. The monoisotopic (exact) mass is 366 g/mol. The van der Waals surface area contributed by atoms with Gasteiger partial charge in [-0.3, -0.25) is 0 Å². The molecule has 0 amide bonds. The summed E-state index contributed by atoms with van der Waals surface area (Å²) in [4.78, 5) is 0.796. The predicted octanol–water partition coefficient (Wildman–Crippen LogP) is 4.91. The summed E-state index contributed by atoms with van der Waals surface area (Å²) in [6.45, 7) is 0. The summed E-state index contributed by atoms with van der Waals surface area (Å²) in [6.07, 6.45) is -0.794. The second kappa shape index (κ2) is 5.80. The van der Waals surface area contributed by atoms with Gasteiger partial charge < -0.3 is 9.84 Å². The maximum absolute atomic E-state index is 10.3. The van der Waals surface area contributed by atoms with Gasteiger partial charge in [0.1, 0.15) is 11.9 Å². The molecule has 1 unspecified atom stereocenters. The fourth-order valence-electron chi connectivity index (χ4n) is 1.54. The van der Waals surface area contributed by atoms with Crippen molar-refractivity contribution in [3.05, 3.63) is 48.5 Å². The third-order valence-corrected chi connectivity index (χ3v) is 4.73. The van der Waals surface area contributed by atoms with Crippen LogP contribution in [0.15, 0.2) is 28.1 Å². The Balaban J connectivity index is 2.42. The molecule has 1 heterocycles. The van der Waals surface area contributed by atoms with E-state index >= 15 is 0 Å². The number of rotatable bonds is 3. The molecule has 0 bridgehead atoms. The van der Waals surface area contributed by atoms with Gasteiger partial charge in [-0.2, -0.15) is 0 Å². The van der Waals surface area contributed by atoms with Crippen LogP contribution in [0.1, 0.15) is 16.5 Å². The first-order valence-electron chi connectivity index (χ1n) is 4.99. The molecular weight excluding hydrogens is 359 g/mol. The molecule has 6 heteroatoms. The first-order valence-corrected chi connectivity index (χ1v) is 7.35. The number of aliphatic hydroxyl groups excluding tert-OH is 1. The first-order chi connectivity index (χ1) is 8.52. The Hall–Kier alpha value is -0.260. The van der Waals surface area contributed by atoms with Crippen LogP contribution < -0.4 is 4.74 Å². The standard InChI is InChI=1S/C12H9BrCl2O2S/c1-17-9-5-7(14)6(4-8(9)15)12(16)10-2-3-11(13)18-10/h2-5,12,16H,1H3. The highest BCUT2D eigenvalue weighted by Crippen LogP contribution is 2.38. The van der Waals surface area contributed by atoms with Crippen LogP contribution in [0, 0.1) is 0 Å². The van der Waals surface area contributed by atoms with Crippen molar-refractivity contribution in [2.75, 3.05) is 7.11 Å². The molecule has 0 fully saturated rings. The zero-order valence-electron chi connectivity index (χ0n) is 9.28. The summed E-state index contributed by atoms with van der Waals surface area (Å²) in [6, 6.07) is 6.95. The summed E-state index contributed by atoms with van der Waals surface area (Å²) in [5, 5.41) is 11.1. The molecule has 2 rings (SSSR count). The van der Waals surface area contributed by atoms with E-state index in [1.165, 1.54) is 18.4 Å². The molecule has 0 aliphatic rings. The lowest BCUT2D eigenvalue weighted by Gasteiger charge is -2.13. The normalized spacial score (nSPS) is 12.5. The lowest BCUT2D eigenvalue weighted by atomic mass is 10.1. The van der Waals surface area contributed by atoms with Crippen molar-refractivity contribution in [2.24, 2.45) is 0 Å². The third kappa shape index (κ3) is 2.83. The number of ether oxygens (including phenoxy) is 1. The van der Waals surface area contributed by atoms with Crippen molar-refractivity contribution in [3.63, 3.8) is 0 Å². The predicted molar refractivity (Wildman–Crippen MR) is 79.1 cm³/mol. The molecular formula is C12H9BrCl2O2S. The third-order valence-electron chi connectivity index (χ3n) is 2.43. The molecule has 1 aromatic carbocycles. The number of benzene rings is 1. The Morgan fingerprint density at radius 1 is 1.28 bits per heavy atom. The zero-order valence-corrected chi connectivity index (χ0v) is 13.2. The van der Waals surface area contributed by atoms with Crippen molar-refractivity contribution in [1.29, 1.82) is 0 Å². The minimum atomic E-state index is -0.794. The number of halogens is 3. The van der Waals surface area contributed by atoms with Gasteiger partial charge in [0.2, 0.25) is 0 Å². The molecule has 2 aromatic rings. The lowest BCUT2D eigenvalue weighted by molar-refractivity contribution is 0.224. The number of thiophene rings is 1. The van der Waals surface area contributed by atoms with Gasteiger partial charge in [0, 0.05) is 16.5 Å². The number of methoxy groups -OCH3 is 1. The van der Waals surface area contributed by atoms with E-state index in [4.69, 9.17) is 27.9 Å². The van der Waals surface area contributed by atoms with Crippen molar-refractivity contribution < 1.29 is 9.84 Å². The molecule has 0 spiro atoms. The van der Waals surface area contributed by atoms with Crippen LogP contribution in [-0.2, 0) is 0 Å². The van der Waals surface area contributed by atoms with E-state index in [0.717, 1.165) is 8.66 Å². The van der Waals surface area contributed by atoms with E-state index in [9.17, 15) is 5.11 Å². The molecule has 0 radical (unpaired) electrons. The molecule has 1 aromatic heterocycles. The molecule has 0 aliphatic heterocycles. The Labute approximate surface area is 127 Å². The van der Waals surface area contributed by atoms with E-state index in [2.05, 4.69) is 15.9 Å². The topological polar surface area (TPSA) is 29.5 Å². The van der Waals surface area contributed by atoms with E-state index < -0.39 is 6.10 Å². The minimum absolute atomic E-state index is 0.423. The van der Waals surface area contributed by atoms with Gasteiger partial charge in [-0.1, -0.05) is 23.2 Å². The van der Waals surface area contributed by atoms with E-state index in [-0.39, 0.29) is 0 Å². The van der Waals surface area contributed by atoms with Crippen LogP contribution in [-0.4, -0.2) is 12.2 Å². The SMILES string of the molecule is COc1cc(Cl)c(C(O)c2ccc(Br)s2)cc1Cl. The highest BCUT2D eigenvalue weighted by atomic mass is 79.9. The van der Waals surface area contributed by atoms with Crippen LogP contribution in [0.25, 0.3) is 0 Å². The zero-order chi connectivity index (χ0) is 13.3.